The molecule has 4 N–H and O–H groups in total. The summed E-state index contributed by atoms with van der Waals surface area (Å²) in [7, 11) is -3.65. The van der Waals surface area contributed by atoms with Crippen LogP contribution in [0.5, 0.6) is 0 Å². The third-order valence-corrected chi connectivity index (χ3v) is 7.45. The first-order valence-electron chi connectivity index (χ1n) is 11.5. The summed E-state index contributed by atoms with van der Waals surface area (Å²) in [6, 6.07) is 8.29. The molecule has 0 bridgehead atoms. The van der Waals surface area contributed by atoms with Crippen LogP contribution in [0.4, 0.5) is 10.5 Å². The molecule has 2 aromatic carbocycles. The Morgan fingerprint density at radius 1 is 1.08 bits per heavy atom. The molecule has 0 spiro atoms. The molecule has 0 aromatic heterocycles. The lowest BCUT2D eigenvalue weighted by molar-refractivity contribution is -0.136. The fourth-order valence-electron chi connectivity index (χ4n) is 4.08. The number of imide groups is 2. The lowest BCUT2D eigenvalue weighted by Crippen LogP contribution is -2.54. The molecule has 1 saturated heterocycles. The first-order valence-corrected chi connectivity index (χ1v) is 13.0. The Bertz CT molecular complexity index is 1340. The largest absolute Gasteiger partial charge is 0.593 e. The standard InChI is InChI=1S/C24H25N5O7S/c1-13(2)28-37(35,36)16-6-4-15(5-7-16)26-24(34)25-12-14-3-8-17-18(11-14)23(33)29(22(17)32)19-9-10-20(30)27-21(19)31/h3-8,11,13,19H,9-10,12H2,1-2H3,(H4-,25,26,27,28,30,31,34,35,36). The zero-order valence-corrected chi connectivity index (χ0v) is 20.8. The van der Waals surface area contributed by atoms with Crippen molar-refractivity contribution >= 4 is 45.7 Å². The van der Waals surface area contributed by atoms with Gasteiger partial charge in [-0.1, -0.05) is 10.3 Å². The predicted molar refractivity (Wildman–Crippen MR) is 131 cm³/mol. The number of benzene rings is 2. The SMILES string of the molecule is CC(C)N[S+](=O)([O-])c1ccc(NC(=O)NCc2ccc3c(c2)C(=O)N(C2CCC(=O)NC2=O)C3=O)cc1. The Balaban J connectivity index is 1.37. The Labute approximate surface area is 213 Å². The van der Waals surface area contributed by atoms with E-state index in [4.69, 9.17) is 0 Å². The monoisotopic (exact) mass is 527 g/mol. The Hall–Kier alpha value is -3.94. The van der Waals surface area contributed by atoms with E-state index in [1.807, 2.05) is 0 Å². The second-order valence-electron chi connectivity index (χ2n) is 8.94. The lowest BCUT2D eigenvalue weighted by atomic mass is 10.0. The van der Waals surface area contributed by atoms with Crippen molar-refractivity contribution in [2.75, 3.05) is 5.32 Å². The fraction of sp³-hybridized carbons (Fsp3) is 0.292. The highest BCUT2D eigenvalue weighted by Crippen LogP contribution is 2.28. The molecule has 37 heavy (non-hydrogen) atoms. The van der Waals surface area contributed by atoms with Crippen LogP contribution >= 0.6 is 0 Å². The summed E-state index contributed by atoms with van der Waals surface area (Å²) < 4.78 is 26.9. The summed E-state index contributed by atoms with van der Waals surface area (Å²) in [5, 5.41) is 7.37. The molecule has 1 fully saturated rings. The third-order valence-electron chi connectivity index (χ3n) is 5.77. The van der Waals surface area contributed by atoms with Gasteiger partial charge in [-0.3, -0.25) is 29.4 Å². The summed E-state index contributed by atoms with van der Waals surface area (Å²) in [4.78, 5) is 62.5. The maximum Gasteiger partial charge on any atom is 0.319 e. The highest BCUT2D eigenvalue weighted by Gasteiger charge is 2.44. The molecule has 2 unspecified atom stereocenters. The normalized spacial score (nSPS) is 18.9. The second-order valence-corrected chi connectivity index (χ2v) is 10.6. The topological polar surface area (TPSA) is 177 Å². The maximum atomic E-state index is 12.9. The number of piperidine rings is 1. The molecule has 2 aliphatic rings. The molecule has 0 saturated carbocycles. The Morgan fingerprint density at radius 2 is 1.76 bits per heavy atom. The number of carbonyl (C=O) groups excluding carboxylic acids is 5. The number of urea groups is 1. The van der Waals surface area contributed by atoms with Crippen molar-refractivity contribution in [3.05, 3.63) is 59.2 Å². The molecule has 0 aliphatic carbocycles. The molecule has 4 rings (SSSR count). The summed E-state index contributed by atoms with van der Waals surface area (Å²) in [6.45, 7) is 3.45. The van der Waals surface area contributed by atoms with Gasteiger partial charge >= 0.3 is 6.03 Å². The van der Waals surface area contributed by atoms with Gasteiger partial charge in [-0.2, -0.15) is 0 Å². The van der Waals surface area contributed by atoms with E-state index in [9.17, 15) is 32.7 Å². The van der Waals surface area contributed by atoms with Crippen molar-refractivity contribution in [2.24, 2.45) is 0 Å². The van der Waals surface area contributed by atoms with Crippen LogP contribution in [0.2, 0.25) is 0 Å². The van der Waals surface area contributed by atoms with Crippen molar-refractivity contribution in [2.45, 2.75) is 50.2 Å². The number of fused-ring (bicyclic) bond motifs is 1. The van der Waals surface area contributed by atoms with E-state index in [0.717, 1.165) is 4.90 Å². The number of rotatable bonds is 7. The number of sulfonamides is 1. The van der Waals surface area contributed by atoms with Crippen molar-refractivity contribution in [3.63, 3.8) is 0 Å². The Morgan fingerprint density at radius 3 is 2.41 bits per heavy atom. The lowest BCUT2D eigenvalue weighted by Gasteiger charge is -2.27. The van der Waals surface area contributed by atoms with Gasteiger partial charge in [0.15, 0.2) is 15.3 Å². The van der Waals surface area contributed by atoms with Gasteiger partial charge in [-0.25, -0.2) is 4.79 Å². The van der Waals surface area contributed by atoms with Crippen molar-refractivity contribution in [1.29, 1.82) is 0 Å². The molecular weight excluding hydrogens is 502 g/mol. The number of nitrogens with zero attached hydrogens (tertiary/aromatic N) is 1. The predicted octanol–water partition coefficient (Wildman–Crippen LogP) is 1.31. The fourth-order valence-corrected chi connectivity index (χ4v) is 5.33. The molecule has 2 heterocycles. The van der Waals surface area contributed by atoms with Crippen molar-refractivity contribution in [3.8, 4) is 0 Å². The minimum atomic E-state index is -3.65. The molecule has 2 aliphatic heterocycles. The van der Waals surface area contributed by atoms with Gasteiger partial charge in [0.1, 0.15) is 6.04 Å². The molecule has 0 radical (unpaired) electrons. The van der Waals surface area contributed by atoms with Gasteiger partial charge in [0, 0.05) is 24.7 Å². The maximum absolute atomic E-state index is 12.9. The summed E-state index contributed by atoms with van der Waals surface area (Å²) in [5.74, 6) is -2.39. The zero-order chi connectivity index (χ0) is 26.9. The molecular formula is C24H25N5O7S. The zero-order valence-electron chi connectivity index (χ0n) is 20.0. The van der Waals surface area contributed by atoms with Crippen molar-refractivity contribution in [1.82, 2.24) is 20.3 Å². The number of carbonyl (C=O) groups is 5. The van der Waals surface area contributed by atoms with Gasteiger partial charge in [-0.05, 0) is 62.2 Å². The van der Waals surface area contributed by atoms with Gasteiger partial charge < -0.3 is 15.2 Å². The van der Waals surface area contributed by atoms with Crippen molar-refractivity contribution < 1.29 is 32.7 Å². The van der Waals surface area contributed by atoms with Crippen LogP contribution in [0.1, 0.15) is 53.0 Å². The Kier molecular flexibility index (Phi) is 7.21. The van der Waals surface area contributed by atoms with E-state index in [1.165, 1.54) is 36.4 Å². The summed E-state index contributed by atoms with van der Waals surface area (Å²) in [5.41, 5.74) is 1.17. The number of hydrogen-bond donors (Lipinski definition) is 4. The van der Waals surface area contributed by atoms with Gasteiger partial charge in [0.25, 0.3) is 11.8 Å². The average molecular weight is 528 g/mol. The minimum Gasteiger partial charge on any atom is -0.593 e. The van der Waals surface area contributed by atoms with Crippen LogP contribution in [0.15, 0.2) is 47.4 Å². The number of anilines is 1. The van der Waals surface area contributed by atoms with E-state index in [1.54, 1.807) is 19.9 Å². The first kappa shape index (κ1) is 26.1. The van der Waals surface area contributed by atoms with Gasteiger partial charge in [0.05, 0.1) is 11.1 Å². The molecule has 2 atom stereocenters. The number of amides is 6. The van der Waals surface area contributed by atoms with Crippen LogP contribution in [0.25, 0.3) is 0 Å². The van der Waals surface area contributed by atoms with E-state index in [2.05, 4.69) is 20.7 Å². The third kappa shape index (κ3) is 5.58. The summed E-state index contributed by atoms with van der Waals surface area (Å²) >= 11 is 0. The van der Waals surface area contributed by atoms with E-state index in [0.29, 0.717) is 11.3 Å². The van der Waals surface area contributed by atoms with Crippen LogP contribution < -0.4 is 20.7 Å². The van der Waals surface area contributed by atoms with Crippen LogP contribution in [-0.2, 0) is 30.7 Å². The molecule has 12 nitrogen and oxygen atoms in total. The average Bonchev–Trinajstić information content (AvgIpc) is 3.07. The van der Waals surface area contributed by atoms with E-state index >= 15 is 0 Å². The van der Waals surface area contributed by atoms with Gasteiger partial charge in [0.2, 0.25) is 11.8 Å². The number of hydrogen-bond acceptors (Lipinski definition) is 7. The smallest absolute Gasteiger partial charge is 0.319 e. The molecule has 6 amide bonds. The van der Waals surface area contributed by atoms with Crippen LogP contribution in [-0.4, -0.2) is 51.2 Å². The highest BCUT2D eigenvalue weighted by atomic mass is 32.3. The number of nitrogens with one attached hydrogen (secondary N) is 4. The minimum absolute atomic E-state index is 0.0292. The second kappa shape index (κ2) is 10.2. The van der Waals surface area contributed by atoms with Crippen LogP contribution in [0.3, 0.4) is 0 Å². The molecule has 13 heteroatoms. The highest BCUT2D eigenvalue weighted by molar-refractivity contribution is 7.95. The van der Waals surface area contributed by atoms with E-state index < -0.39 is 46.1 Å². The summed E-state index contributed by atoms with van der Waals surface area (Å²) in [6.07, 6.45) is 0.0906. The quantitative estimate of drug-likeness (QED) is 0.310. The molecule has 2 aromatic rings. The molecule has 194 valence electrons. The first-order chi connectivity index (χ1) is 17.5. The van der Waals surface area contributed by atoms with Crippen LogP contribution in [0, 0.1) is 0 Å². The van der Waals surface area contributed by atoms with Gasteiger partial charge in [-0.15, -0.1) is 4.72 Å². The van der Waals surface area contributed by atoms with E-state index in [-0.39, 0.29) is 41.5 Å².